The van der Waals surface area contributed by atoms with Crippen molar-refractivity contribution in [3.63, 3.8) is 0 Å². The number of anilines is 1. The van der Waals surface area contributed by atoms with Crippen LogP contribution in [0.25, 0.3) is 11.4 Å². The first-order valence-corrected chi connectivity index (χ1v) is 6.71. The molecule has 0 aliphatic heterocycles. The predicted molar refractivity (Wildman–Crippen MR) is 71.2 cm³/mol. The largest absolute Gasteiger partial charge is 0.325 e. The van der Waals surface area contributed by atoms with Crippen LogP contribution < -0.4 is 5.32 Å². The van der Waals surface area contributed by atoms with Crippen molar-refractivity contribution in [3.8, 4) is 11.4 Å². The molecule has 0 saturated carbocycles. The van der Waals surface area contributed by atoms with Gasteiger partial charge in [-0.2, -0.15) is 11.8 Å². The second kappa shape index (κ2) is 5.63. The fourth-order valence-corrected chi connectivity index (χ4v) is 1.87. The van der Waals surface area contributed by atoms with E-state index in [-0.39, 0.29) is 5.91 Å². The number of hydrogen-bond donors (Lipinski definition) is 1. The molecule has 0 fully saturated rings. The summed E-state index contributed by atoms with van der Waals surface area (Å²) in [4.78, 5) is 11.5. The smallest absolute Gasteiger partial charge is 0.234 e. The van der Waals surface area contributed by atoms with Gasteiger partial charge < -0.3 is 5.32 Å². The van der Waals surface area contributed by atoms with Crippen molar-refractivity contribution in [2.75, 3.05) is 17.3 Å². The minimum absolute atomic E-state index is 0.0178. The van der Waals surface area contributed by atoms with Gasteiger partial charge in [-0.15, -0.1) is 5.10 Å². The highest BCUT2D eigenvalue weighted by Crippen LogP contribution is 2.19. The number of rotatable bonds is 4. The molecule has 18 heavy (non-hydrogen) atoms. The molecule has 1 aromatic carbocycles. The molecule has 1 heterocycles. The number of tetrazole rings is 1. The van der Waals surface area contributed by atoms with E-state index in [1.807, 2.05) is 30.5 Å². The Morgan fingerprint density at radius 2 is 2.33 bits per heavy atom. The molecule has 6 nitrogen and oxygen atoms in total. The molecule has 1 aromatic heterocycles. The van der Waals surface area contributed by atoms with Crippen LogP contribution in [0.3, 0.4) is 0 Å². The molecule has 0 bridgehead atoms. The van der Waals surface area contributed by atoms with Gasteiger partial charge in [-0.05, 0) is 28.8 Å². The van der Waals surface area contributed by atoms with Crippen LogP contribution in [0.5, 0.6) is 0 Å². The summed E-state index contributed by atoms with van der Waals surface area (Å²) in [7, 11) is 1.77. The van der Waals surface area contributed by atoms with E-state index in [2.05, 4.69) is 20.8 Å². The van der Waals surface area contributed by atoms with Crippen LogP contribution >= 0.6 is 11.8 Å². The van der Waals surface area contributed by atoms with Gasteiger partial charge in [-0.25, -0.2) is 4.68 Å². The van der Waals surface area contributed by atoms with Crippen molar-refractivity contribution in [3.05, 3.63) is 24.3 Å². The van der Waals surface area contributed by atoms with E-state index in [0.717, 1.165) is 11.3 Å². The third kappa shape index (κ3) is 2.86. The highest BCUT2D eigenvalue weighted by Gasteiger charge is 2.07. The minimum Gasteiger partial charge on any atom is -0.325 e. The summed E-state index contributed by atoms with van der Waals surface area (Å²) < 4.78 is 1.59. The molecule has 1 amide bonds. The lowest BCUT2D eigenvalue weighted by atomic mass is 10.2. The molecule has 94 valence electrons. The third-order valence-electron chi connectivity index (χ3n) is 2.30. The van der Waals surface area contributed by atoms with Crippen LogP contribution in [0.15, 0.2) is 24.3 Å². The van der Waals surface area contributed by atoms with Crippen LogP contribution in [-0.4, -0.2) is 38.1 Å². The number of nitrogens with zero attached hydrogens (tertiary/aromatic N) is 4. The van der Waals surface area contributed by atoms with Crippen molar-refractivity contribution >= 4 is 23.4 Å². The van der Waals surface area contributed by atoms with Crippen LogP contribution in [0.4, 0.5) is 5.69 Å². The number of nitrogens with one attached hydrogen (secondary N) is 1. The van der Waals surface area contributed by atoms with Crippen molar-refractivity contribution in [2.24, 2.45) is 7.05 Å². The molecule has 0 aliphatic rings. The van der Waals surface area contributed by atoms with Gasteiger partial charge in [0, 0.05) is 18.3 Å². The molecular weight excluding hydrogens is 250 g/mol. The lowest BCUT2D eigenvalue weighted by molar-refractivity contribution is -0.113. The number of carbonyl (C=O) groups excluding carboxylic acids is 1. The monoisotopic (exact) mass is 263 g/mol. The fraction of sp³-hybridized carbons (Fsp3) is 0.273. The van der Waals surface area contributed by atoms with Crippen LogP contribution in [0, 0.1) is 0 Å². The number of amides is 1. The fourth-order valence-electron chi connectivity index (χ4n) is 1.54. The Morgan fingerprint density at radius 3 is 3.00 bits per heavy atom. The average Bonchev–Trinajstić information content (AvgIpc) is 2.76. The zero-order valence-corrected chi connectivity index (χ0v) is 10.9. The first kappa shape index (κ1) is 12.6. The number of benzene rings is 1. The highest BCUT2D eigenvalue weighted by molar-refractivity contribution is 7.99. The first-order valence-electron chi connectivity index (χ1n) is 5.32. The SMILES string of the molecule is CSCC(=O)Nc1cccc(-c2nnnn2C)c1. The van der Waals surface area contributed by atoms with Crippen LogP contribution in [-0.2, 0) is 11.8 Å². The number of aryl methyl sites for hydroxylation is 1. The second-order valence-corrected chi connectivity index (χ2v) is 4.55. The summed E-state index contributed by atoms with van der Waals surface area (Å²) in [6.45, 7) is 0. The standard InChI is InChI=1S/C11H13N5OS/c1-16-11(13-14-15-16)8-4-3-5-9(6-8)12-10(17)7-18-2/h3-6H,7H2,1-2H3,(H,12,17). The number of hydrogen-bond acceptors (Lipinski definition) is 5. The molecule has 7 heteroatoms. The molecule has 0 saturated heterocycles. The Labute approximate surface area is 109 Å². The maximum atomic E-state index is 11.5. The van der Waals surface area contributed by atoms with Crippen molar-refractivity contribution in [2.45, 2.75) is 0 Å². The predicted octanol–water partition coefficient (Wildman–Crippen LogP) is 1.18. The third-order valence-corrected chi connectivity index (χ3v) is 2.85. The van der Waals surface area contributed by atoms with E-state index in [1.165, 1.54) is 11.8 Å². The summed E-state index contributed by atoms with van der Waals surface area (Å²) in [5.74, 6) is 1.09. The van der Waals surface area contributed by atoms with Crippen molar-refractivity contribution in [1.82, 2.24) is 20.2 Å². The average molecular weight is 263 g/mol. The lowest BCUT2D eigenvalue weighted by Crippen LogP contribution is -2.13. The molecular formula is C11H13N5OS. The summed E-state index contributed by atoms with van der Waals surface area (Å²) in [5.41, 5.74) is 1.61. The van der Waals surface area contributed by atoms with Gasteiger partial charge in [0.2, 0.25) is 5.91 Å². The Hall–Kier alpha value is -1.89. The van der Waals surface area contributed by atoms with E-state index in [9.17, 15) is 4.79 Å². The van der Waals surface area contributed by atoms with E-state index in [0.29, 0.717) is 11.6 Å². The summed E-state index contributed by atoms with van der Waals surface area (Å²) >= 11 is 1.48. The number of aromatic nitrogens is 4. The number of thioether (sulfide) groups is 1. The topological polar surface area (TPSA) is 72.7 Å². The molecule has 0 aliphatic carbocycles. The van der Waals surface area contributed by atoms with E-state index >= 15 is 0 Å². The van der Waals surface area contributed by atoms with Gasteiger partial charge in [0.1, 0.15) is 0 Å². The number of carbonyl (C=O) groups is 1. The molecule has 1 N–H and O–H groups in total. The maximum absolute atomic E-state index is 11.5. The first-order chi connectivity index (χ1) is 8.70. The molecule has 0 radical (unpaired) electrons. The zero-order chi connectivity index (χ0) is 13.0. The summed E-state index contributed by atoms with van der Waals surface area (Å²) in [6.07, 6.45) is 1.89. The van der Waals surface area contributed by atoms with Gasteiger partial charge in [-0.3, -0.25) is 4.79 Å². The van der Waals surface area contributed by atoms with Gasteiger partial charge >= 0.3 is 0 Å². The van der Waals surface area contributed by atoms with Gasteiger partial charge in [0.15, 0.2) is 5.82 Å². The quantitative estimate of drug-likeness (QED) is 0.896. The molecule has 0 spiro atoms. The van der Waals surface area contributed by atoms with E-state index in [4.69, 9.17) is 0 Å². The Morgan fingerprint density at radius 1 is 1.50 bits per heavy atom. The summed E-state index contributed by atoms with van der Waals surface area (Å²) in [5, 5.41) is 14.1. The molecule has 2 aromatic rings. The van der Waals surface area contributed by atoms with Crippen molar-refractivity contribution < 1.29 is 4.79 Å². The Balaban J connectivity index is 2.20. The maximum Gasteiger partial charge on any atom is 0.234 e. The minimum atomic E-state index is -0.0178. The second-order valence-electron chi connectivity index (χ2n) is 3.69. The van der Waals surface area contributed by atoms with Gasteiger partial charge in [0.25, 0.3) is 0 Å². The lowest BCUT2D eigenvalue weighted by Gasteiger charge is -2.06. The van der Waals surface area contributed by atoms with Crippen molar-refractivity contribution in [1.29, 1.82) is 0 Å². The normalized spacial score (nSPS) is 10.3. The molecule has 2 rings (SSSR count). The van der Waals surface area contributed by atoms with Gasteiger partial charge in [0.05, 0.1) is 5.75 Å². The zero-order valence-electron chi connectivity index (χ0n) is 10.1. The highest BCUT2D eigenvalue weighted by atomic mass is 32.2. The molecule has 0 atom stereocenters. The Bertz CT molecular complexity index is 554. The summed E-state index contributed by atoms with van der Waals surface area (Å²) in [6, 6.07) is 7.45. The van der Waals surface area contributed by atoms with Crippen LogP contribution in [0.1, 0.15) is 0 Å². The Kier molecular flexibility index (Phi) is 3.93. The van der Waals surface area contributed by atoms with Crippen LogP contribution in [0.2, 0.25) is 0 Å². The van der Waals surface area contributed by atoms with E-state index < -0.39 is 0 Å². The molecule has 0 unspecified atom stereocenters. The van der Waals surface area contributed by atoms with E-state index in [1.54, 1.807) is 11.7 Å². The van der Waals surface area contributed by atoms with Gasteiger partial charge in [-0.1, -0.05) is 12.1 Å².